The lowest BCUT2D eigenvalue weighted by Gasteiger charge is -2.29. The summed E-state index contributed by atoms with van der Waals surface area (Å²) in [5.41, 5.74) is 1.71. The Hall–Kier alpha value is -2.72. The fraction of sp³-hybridized carbons (Fsp3) is 0.222. The van der Waals surface area contributed by atoms with Gasteiger partial charge < -0.3 is 10.2 Å². The zero-order valence-electron chi connectivity index (χ0n) is 13.4. The van der Waals surface area contributed by atoms with Gasteiger partial charge in [-0.25, -0.2) is 4.79 Å². The van der Waals surface area contributed by atoms with Crippen molar-refractivity contribution in [2.24, 2.45) is 0 Å². The number of amides is 2. The van der Waals surface area contributed by atoms with Crippen molar-refractivity contribution >= 4 is 23.3 Å². The van der Waals surface area contributed by atoms with E-state index in [1.807, 2.05) is 6.07 Å². The van der Waals surface area contributed by atoms with Crippen LogP contribution in [-0.4, -0.2) is 17.5 Å². The van der Waals surface area contributed by atoms with Gasteiger partial charge in [0.05, 0.1) is 22.2 Å². The molecule has 0 atom stereocenters. The quantitative estimate of drug-likeness (QED) is 0.772. The maximum atomic E-state index is 12.7. The number of alkyl halides is 3. The summed E-state index contributed by atoms with van der Waals surface area (Å²) in [5.74, 6) is 0. The largest absolute Gasteiger partial charge is 0.417 e. The van der Waals surface area contributed by atoms with E-state index in [1.54, 1.807) is 12.1 Å². The molecule has 3 rings (SSSR count). The highest BCUT2D eigenvalue weighted by Gasteiger charge is 2.33. The molecule has 0 spiro atoms. The molecule has 26 heavy (non-hydrogen) atoms. The van der Waals surface area contributed by atoms with E-state index in [1.165, 1.54) is 4.90 Å². The molecule has 8 heteroatoms. The molecule has 0 saturated carbocycles. The molecule has 2 aromatic rings. The third-order valence-corrected chi connectivity index (χ3v) is 4.47. The number of hydrogen-bond acceptors (Lipinski definition) is 2. The topological polar surface area (TPSA) is 56.1 Å². The number of fused-ring (bicyclic) bond motifs is 1. The van der Waals surface area contributed by atoms with Crippen LogP contribution in [0.5, 0.6) is 0 Å². The molecule has 134 valence electrons. The first-order valence-electron chi connectivity index (χ1n) is 7.72. The van der Waals surface area contributed by atoms with Gasteiger partial charge >= 0.3 is 12.2 Å². The minimum atomic E-state index is -4.55. The molecule has 2 amide bonds. The predicted octanol–water partition coefficient (Wildman–Crippen LogP) is 4.82. The van der Waals surface area contributed by atoms with Gasteiger partial charge in [-0.15, -0.1) is 0 Å². The highest BCUT2D eigenvalue weighted by atomic mass is 35.5. The normalized spacial score (nSPS) is 13.7. The number of nitriles is 1. The van der Waals surface area contributed by atoms with E-state index < -0.39 is 22.8 Å². The number of nitrogens with one attached hydrogen (secondary N) is 1. The van der Waals surface area contributed by atoms with E-state index in [9.17, 15) is 18.0 Å². The summed E-state index contributed by atoms with van der Waals surface area (Å²) in [6.45, 7) is 0.796. The van der Waals surface area contributed by atoms with E-state index in [0.29, 0.717) is 25.1 Å². The molecule has 2 aromatic carbocycles. The number of benzene rings is 2. The van der Waals surface area contributed by atoms with E-state index in [4.69, 9.17) is 16.9 Å². The lowest BCUT2D eigenvalue weighted by molar-refractivity contribution is -0.137. The molecule has 1 N–H and O–H groups in total. The van der Waals surface area contributed by atoms with E-state index in [0.717, 1.165) is 29.3 Å². The first-order chi connectivity index (χ1) is 12.3. The van der Waals surface area contributed by atoms with Crippen molar-refractivity contribution in [3.05, 3.63) is 63.7 Å². The fourth-order valence-electron chi connectivity index (χ4n) is 2.83. The van der Waals surface area contributed by atoms with Crippen LogP contribution in [0.25, 0.3) is 0 Å². The van der Waals surface area contributed by atoms with E-state index >= 15 is 0 Å². The molecule has 0 bridgehead atoms. The SMILES string of the molecule is N#Cc1ccc2c(c1)CN(C(=O)Nc1ccc(C(F)(F)F)c(Cl)c1)CC2. The average Bonchev–Trinajstić information content (AvgIpc) is 2.59. The minimum absolute atomic E-state index is 0.185. The molecule has 1 aliphatic rings. The van der Waals surface area contributed by atoms with E-state index in [-0.39, 0.29) is 5.69 Å². The molecule has 0 fully saturated rings. The zero-order chi connectivity index (χ0) is 18.9. The van der Waals surface area contributed by atoms with Gasteiger partial charge in [0, 0.05) is 18.8 Å². The average molecular weight is 380 g/mol. The summed E-state index contributed by atoms with van der Waals surface area (Å²) in [4.78, 5) is 13.9. The molecule has 0 unspecified atom stereocenters. The van der Waals surface area contributed by atoms with Crippen LogP contribution in [0.15, 0.2) is 36.4 Å². The van der Waals surface area contributed by atoms with E-state index in [2.05, 4.69) is 11.4 Å². The van der Waals surface area contributed by atoms with Crippen molar-refractivity contribution in [1.82, 2.24) is 4.90 Å². The van der Waals surface area contributed by atoms with Gasteiger partial charge in [-0.05, 0) is 47.9 Å². The summed E-state index contributed by atoms with van der Waals surface area (Å²) in [5, 5.41) is 11.1. The molecule has 0 aliphatic carbocycles. The number of anilines is 1. The number of urea groups is 1. The number of hydrogen-bond donors (Lipinski definition) is 1. The molecular formula is C18H13ClF3N3O. The van der Waals surface area contributed by atoms with Crippen molar-refractivity contribution in [3.8, 4) is 6.07 Å². The van der Waals surface area contributed by atoms with Gasteiger partial charge in [-0.3, -0.25) is 0 Å². The smallest absolute Gasteiger partial charge is 0.320 e. The van der Waals surface area contributed by atoms with Crippen LogP contribution < -0.4 is 5.32 Å². The Bertz CT molecular complexity index is 906. The summed E-state index contributed by atoms with van der Waals surface area (Å²) < 4.78 is 38.2. The Kier molecular flexibility index (Phi) is 4.79. The van der Waals surface area contributed by atoms with Crippen LogP contribution in [0.3, 0.4) is 0 Å². The number of carbonyl (C=O) groups excluding carboxylic acids is 1. The van der Waals surface area contributed by atoms with Gasteiger partial charge in [0.2, 0.25) is 0 Å². The number of nitrogens with zero attached hydrogens (tertiary/aromatic N) is 2. The lowest BCUT2D eigenvalue weighted by Crippen LogP contribution is -2.38. The third-order valence-electron chi connectivity index (χ3n) is 4.16. The van der Waals surface area contributed by atoms with Crippen molar-refractivity contribution in [3.63, 3.8) is 0 Å². The second kappa shape index (κ2) is 6.89. The first-order valence-corrected chi connectivity index (χ1v) is 8.10. The maximum Gasteiger partial charge on any atom is 0.417 e. The van der Waals surface area contributed by atoms with Gasteiger partial charge in [0.1, 0.15) is 0 Å². The van der Waals surface area contributed by atoms with Crippen molar-refractivity contribution in [2.45, 2.75) is 19.1 Å². The highest BCUT2D eigenvalue weighted by molar-refractivity contribution is 6.31. The highest BCUT2D eigenvalue weighted by Crippen LogP contribution is 2.36. The Morgan fingerprint density at radius 1 is 1.19 bits per heavy atom. The minimum Gasteiger partial charge on any atom is -0.320 e. The van der Waals surface area contributed by atoms with Gasteiger partial charge in [0.25, 0.3) is 0 Å². The molecule has 1 heterocycles. The molecule has 1 aliphatic heterocycles. The van der Waals surface area contributed by atoms with Crippen molar-refractivity contribution < 1.29 is 18.0 Å². The summed E-state index contributed by atoms with van der Waals surface area (Å²) >= 11 is 5.67. The number of halogens is 4. The molecule has 0 saturated heterocycles. The van der Waals surface area contributed by atoms with Gasteiger partial charge in [-0.1, -0.05) is 17.7 Å². The summed E-state index contributed by atoms with van der Waals surface area (Å²) in [7, 11) is 0. The third kappa shape index (κ3) is 3.75. The number of rotatable bonds is 1. The summed E-state index contributed by atoms with van der Waals surface area (Å²) in [6.07, 6.45) is -3.91. The predicted molar refractivity (Wildman–Crippen MR) is 90.7 cm³/mol. The van der Waals surface area contributed by atoms with Crippen LogP contribution in [-0.2, 0) is 19.1 Å². The molecule has 0 aromatic heterocycles. The second-order valence-electron chi connectivity index (χ2n) is 5.89. The zero-order valence-corrected chi connectivity index (χ0v) is 14.2. The molecule has 0 radical (unpaired) electrons. The maximum absolute atomic E-state index is 12.7. The van der Waals surface area contributed by atoms with Gasteiger partial charge in [-0.2, -0.15) is 18.4 Å². The Morgan fingerprint density at radius 2 is 1.96 bits per heavy atom. The van der Waals surface area contributed by atoms with Crippen molar-refractivity contribution in [2.75, 3.05) is 11.9 Å². The monoisotopic (exact) mass is 379 g/mol. The Morgan fingerprint density at radius 3 is 2.62 bits per heavy atom. The summed E-state index contributed by atoms with van der Waals surface area (Å²) in [6, 6.07) is 10.0. The van der Waals surface area contributed by atoms with Crippen LogP contribution >= 0.6 is 11.6 Å². The number of carbonyl (C=O) groups is 1. The van der Waals surface area contributed by atoms with Crippen molar-refractivity contribution in [1.29, 1.82) is 5.26 Å². The standard InChI is InChI=1S/C18H13ClF3N3O/c19-16-8-14(3-4-15(16)18(20,21)22)24-17(26)25-6-5-12-2-1-11(9-23)7-13(12)10-25/h1-4,7-8H,5-6,10H2,(H,24,26). The van der Waals surface area contributed by atoms with Crippen LogP contribution in [0, 0.1) is 11.3 Å². The molecular weight excluding hydrogens is 367 g/mol. The molecule has 4 nitrogen and oxygen atoms in total. The first kappa shape index (κ1) is 18.1. The van der Waals surface area contributed by atoms with Crippen LogP contribution in [0.4, 0.5) is 23.7 Å². The van der Waals surface area contributed by atoms with Crippen LogP contribution in [0.1, 0.15) is 22.3 Å². The van der Waals surface area contributed by atoms with Gasteiger partial charge in [0.15, 0.2) is 0 Å². The Balaban J connectivity index is 1.73. The second-order valence-corrected chi connectivity index (χ2v) is 6.30. The Labute approximate surface area is 152 Å². The van der Waals surface area contributed by atoms with Crippen LogP contribution in [0.2, 0.25) is 5.02 Å². The lowest BCUT2D eigenvalue weighted by atomic mass is 9.98. The fourth-order valence-corrected chi connectivity index (χ4v) is 3.11.